The van der Waals surface area contributed by atoms with Crippen molar-refractivity contribution in [3.05, 3.63) is 18.7 Å². The number of aromatic nitrogens is 2. The Labute approximate surface area is 85.8 Å². The van der Waals surface area contributed by atoms with Gasteiger partial charge in [-0.25, -0.2) is 4.98 Å². The molecular weight excluding hydrogens is 182 g/mol. The van der Waals surface area contributed by atoms with E-state index >= 15 is 0 Å². The Hall–Kier alpha value is -0.910. The average molecular weight is 205 g/mol. The van der Waals surface area contributed by atoms with Crippen LogP contribution in [0.25, 0.3) is 0 Å². The normalized spacial score (nSPS) is 8.00. The molecule has 0 atom stereocenters. The molecule has 0 aliphatic carbocycles. The first-order valence-corrected chi connectivity index (χ1v) is 4.25. The van der Waals surface area contributed by atoms with Gasteiger partial charge < -0.3 is 21.3 Å². The Balaban J connectivity index is -0.000000127. The van der Waals surface area contributed by atoms with Crippen molar-refractivity contribution < 1.29 is 10.2 Å². The molecule has 0 fully saturated rings. The molecule has 0 bridgehead atoms. The molecule has 0 saturated carbocycles. The molecule has 1 rings (SSSR count). The predicted octanol–water partition coefficient (Wildman–Crippen LogP) is 1.35. The summed E-state index contributed by atoms with van der Waals surface area (Å²) in [5, 5.41) is 16.1. The van der Waals surface area contributed by atoms with Crippen LogP contribution in [0, 0.1) is 0 Å². The molecule has 0 spiro atoms. The summed E-state index contributed by atoms with van der Waals surface area (Å²) in [4.78, 5) is 6.42. The van der Waals surface area contributed by atoms with Crippen molar-refractivity contribution in [2.45, 2.75) is 39.9 Å². The molecule has 0 amide bonds. The van der Waals surface area contributed by atoms with Crippen molar-refractivity contribution in [1.82, 2.24) is 16.1 Å². The van der Waals surface area contributed by atoms with E-state index in [1.165, 1.54) is 0 Å². The Kier molecular flexibility index (Phi) is 19.6. The number of hydrogen-bond donors (Lipinski definition) is 4. The molecule has 0 aliphatic heterocycles. The number of H-pyrrole nitrogens is 1. The molecule has 6 N–H and O–H groups in total. The molecule has 0 unspecified atom stereocenters. The number of aromatic amines is 1. The summed E-state index contributed by atoms with van der Waals surface area (Å²) in [6, 6.07) is 0. The van der Waals surface area contributed by atoms with Gasteiger partial charge >= 0.3 is 0 Å². The van der Waals surface area contributed by atoms with Crippen molar-refractivity contribution in [2.75, 3.05) is 0 Å². The van der Waals surface area contributed by atoms with Crippen LogP contribution in [0.5, 0.6) is 0 Å². The van der Waals surface area contributed by atoms with E-state index in [0.717, 1.165) is 0 Å². The Morgan fingerprint density at radius 1 is 1.07 bits per heavy atom. The second-order valence-electron chi connectivity index (χ2n) is 2.95. The third kappa shape index (κ3) is 67.5. The van der Waals surface area contributed by atoms with Crippen LogP contribution in [0.3, 0.4) is 0 Å². The lowest BCUT2D eigenvalue weighted by Crippen LogP contribution is -1.85. The lowest BCUT2D eigenvalue weighted by atomic mass is 10.5. The predicted molar refractivity (Wildman–Crippen MR) is 58.3 cm³/mol. The molecule has 1 aromatic rings. The molecule has 0 aromatic carbocycles. The molecular formula is C9H23N3O2. The van der Waals surface area contributed by atoms with Crippen LogP contribution in [0.4, 0.5) is 0 Å². The maximum absolute atomic E-state index is 8.06. The van der Waals surface area contributed by atoms with Crippen LogP contribution in [-0.4, -0.2) is 32.4 Å². The first-order chi connectivity index (χ1) is 5.96. The van der Waals surface area contributed by atoms with Crippen LogP contribution in [-0.2, 0) is 0 Å². The quantitative estimate of drug-likeness (QED) is 0.513. The zero-order valence-corrected chi connectivity index (χ0v) is 9.44. The lowest BCUT2D eigenvalue weighted by molar-refractivity contribution is 0.215. The highest BCUT2D eigenvalue weighted by molar-refractivity contribution is 4.64. The standard InChI is InChI=1S/C3H4N2.2C3H8O.H3N/c1-2-5-3-4-1;2*1-3(2)4;/h1-3H,(H,4,5);2*3-4H,1-2H3;1H3. The summed E-state index contributed by atoms with van der Waals surface area (Å²) in [5.74, 6) is 0. The summed E-state index contributed by atoms with van der Waals surface area (Å²) < 4.78 is 0. The fraction of sp³-hybridized carbons (Fsp3) is 0.667. The molecule has 86 valence electrons. The van der Waals surface area contributed by atoms with Gasteiger partial charge in [0.15, 0.2) is 0 Å². The van der Waals surface area contributed by atoms with E-state index in [4.69, 9.17) is 10.2 Å². The Morgan fingerprint density at radius 2 is 1.43 bits per heavy atom. The molecule has 0 saturated heterocycles. The van der Waals surface area contributed by atoms with Gasteiger partial charge in [-0.1, -0.05) is 0 Å². The van der Waals surface area contributed by atoms with Crippen molar-refractivity contribution in [1.29, 1.82) is 0 Å². The van der Waals surface area contributed by atoms with Gasteiger partial charge in [0, 0.05) is 24.6 Å². The van der Waals surface area contributed by atoms with Crippen LogP contribution < -0.4 is 6.15 Å². The summed E-state index contributed by atoms with van der Waals surface area (Å²) >= 11 is 0. The molecule has 1 heterocycles. The third-order valence-corrected chi connectivity index (χ3v) is 0.406. The van der Waals surface area contributed by atoms with Crippen molar-refractivity contribution >= 4 is 0 Å². The van der Waals surface area contributed by atoms with E-state index < -0.39 is 0 Å². The van der Waals surface area contributed by atoms with Crippen molar-refractivity contribution in [2.24, 2.45) is 0 Å². The van der Waals surface area contributed by atoms with E-state index in [9.17, 15) is 0 Å². The van der Waals surface area contributed by atoms with Gasteiger partial charge in [-0.3, -0.25) is 0 Å². The zero-order valence-electron chi connectivity index (χ0n) is 9.44. The number of aliphatic hydroxyl groups excluding tert-OH is 2. The van der Waals surface area contributed by atoms with Gasteiger partial charge in [0.25, 0.3) is 0 Å². The van der Waals surface area contributed by atoms with Gasteiger partial charge in [-0.05, 0) is 27.7 Å². The monoisotopic (exact) mass is 205 g/mol. The van der Waals surface area contributed by atoms with Gasteiger partial charge in [-0.2, -0.15) is 0 Å². The number of rotatable bonds is 0. The van der Waals surface area contributed by atoms with E-state index in [2.05, 4.69) is 9.97 Å². The van der Waals surface area contributed by atoms with Crippen LogP contribution >= 0.6 is 0 Å². The maximum atomic E-state index is 8.06. The fourth-order valence-corrected chi connectivity index (χ4v) is 0.215. The number of imidazole rings is 1. The first kappa shape index (κ1) is 18.8. The van der Waals surface area contributed by atoms with Gasteiger partial charge in [0.2, 0.25) is 0 Å². The van der Waals surface area contributed by atoms with Crippen LogP contribution in [0.15, 0.2) is 18.7 Å². The van der Waals surface area contributed by atoms with E-state index in [1.54, 1.807) is 46.4 Å². The van der Waals surface area contributed by atoms with Gasteiger partial charge in [0.05, 0.1) is 6.33 Å². The molecule has 14 heavy (non-hydrogen) atoms. The minimum atomic E-state index is -0.167. The molecule has 5 heteroatoms. The molecule has 5 nitrogen and oxygen atoms in total. The van der Waals surface area contributed by atoms with E-state index in [0.29, 0.717) is 0 Å². The second kappa shape index (κ2) is 14.6. The maximum Gasteiger partial charge on any atom is 0.0919 e. The Morgan fingerprint density at radius 3 is 1.50 bits per heavy atom. The number of nitrogens with one attached hydrogen (secondary N) is 1. The third-order valence-electron chi connectivity index (χ3n) is 0.406. The lowest BCUT2D eigenvalue weighted by Gasteiger charge is -1.80. The minimum Gasteiger partial charge on any atom is -0.394 e. The minimum absolute atomic E-state index is 0. The number of aliphatic hydroxyl groups is 2. The molecule has 1 aromatic heterocycles. The van der Waals surface area contributed by atoms with Crippen LogP contribution in [0.2, 0.25) is 0 Å². The van der Waals surface area contributed by atoms with E-state index in [1.807, 2.05) is 0 Å². The first-order valence-electron chi connectivity index (χ1n) is 4.25. The summed E-state index contributed by atoms with van der Waals surface area (Å²) in [6.07, 6.45) is 4.75. The smallest absolute Gasteiger partial charge is 0.0919 e. The van der Waals surface area contributed by atoms with Crippen LogP contribution in [0.1, 0.15) is 27.7 Å². The van der Waals surface area contributed by atoms with E-state index in [-0.39, 0.29) is 18.4 Å². The highest BCUT2D eigenvalue weighted by atomic mass is 16.3. The molecule has 0 aliphatic rings. The highest BCUT2D eigenvalue weighted by Gasteiger charge is 1.69. The Bertz CT molecular complexity index is 124. The van der Waals surface area contributed by atoms with Gasteiger partial charge in [-0.15, -0.1) is 0 Å². The second-order valence-corrected chi connectivity index (χ2v) is 2.95. The largest absolute Gasteiger partial charge is 0.394 e. The fourth-order valence-electron chi connectivity index (χ4n) is 0.215. The summed E-state index contributed by atoms with van der Waals surface area (Å²) in [5.41, 5.74) is 0. The van der Waals surface area contributed by atoms with Crippen molar-refractivity contribution in [3.63, 3.8) is 0 Å². The summed E-state index contributed by atoms with van der Waals surface area (Å²) in [7, 11) is 0. The average Bonchev–Trinajstić information content (AvgIpc) is 2.35. The number of hydrogen-bond acceptors (Lipinski definition) is 4. The highest BCUT2D eigenvalue weighted by Crippen LogP contribution is 1.65. The van der Waals surface area contributed by atoms with Gasteiger partial charge in [0.1, 0.15) is 0 Å². The van der Waals surface area contributed by atoms with Crippen molar-refractivity contribution in [3.8, 4) is 0 Å². The number of nitrogens with zero attached hydrogens (tertiary/aromatic N) is 1. The molecule has 0 radical (unpaired) electrons. The topological polar surface area (TPSA) is 104 Å². The zero-order chi connectivity index (χ0) is 10.7. The SMILES string of the molecule is CC(C)O.CC(C)O.N.c1c[nH]cn1. The summed E-state index contributed by atoms with van der Waals surface area (Å²) in [6.45, 7) is 6.89.